The zero-order chi connectivity index (χ0) is 26.5. The van der Waals surface area contributed by atoms with Crippen molar-refractivity contribution in [3.05, 3.63) is 107 Å². The maximum atomic E-state index is 13.1. The number of benzene rings is 3. The van der Waals surface area contributed by atoms with E-state index >= 15 is 0 Å². The van der Waals surface area contributed by atoms with Gasteiger partial charge in [0.25, 0.3) is 5.91 Å². The molecule has 2 heterocycles. The van der Waals surface area contributed by atoms with Gasteiger partial charge in [-0.2, -0.15) is 0 Å². The lowest BCUT2D eigenvalue weighted by molar-refractivity contribution is -0.120. The number of rotatable bonds is 8. The largest absolute Gasteiger partial charge is 0.465 e. The van der Waals surface area contributed by atoms with Crippen LogP contribution >= 0.6 is 11.3 Å². The van der Waals surface area contributed by atoms with Crippen molar-refractivity contribution < 1.29 is 19.5 Å². The molecule has 0 saturated carbocycles. The maximum Gasteiger partial charge on any atom is 0.409 e. The molecule has 0 atom stereocenters. The molecule has 0 spiro atoms. The fourth-order valence-corrected chi connectivity index (χ4v) is 4.92. The summed E-state index contributed by atoms with van der Waals surface area (Å²) in [5.74, 6) is -0.412. The van der Waals surface area contributed by atoms with E-state index in [0.29, 0.717) is 17.1 Å². The van der Waals surface area contributed by atoms with Crippen LogP contribution in [-0.2, 0) is 17.8 Å². The van der Waals surface area contributed by atoms with Crippen molar-refractivity contribution in [2.75, 3.05) is 10.6 Å². The van der Waals surface area contributed by atoms with Crippen molar-refractivity contribution in [2.45, 2.75) is 13.0 Å². The predicted molar refractivity (Wildman–Crippen MR) is 147 cm³/mol. The number of carboxylic acid groups (broad SMARTS) is 1. The van der Waals surface area contributed by atoms with Gasteiger partial charge in [-0.1, -0.05) is 60.7 Å². The predicted octanol–water partition coefficient (Wildman–Crippen LogP) is 5.29. The van der Waals surface area contributed by atoms with E-state index in [1.807, 2.05) is 78.9 Å². The van der Waals surface area contributed by atoms with Gasteiger partial charge in [0.15, 0.2) is 5.82 Å². The summed E-state index contributed by atoms with van der Waals surface area (Å²) in [4.78, 5) is 37.2. The van der Waals surface area contributed by atoms with Gasteiger partial charge in [0.05, 0.1) is 23.2 Å². The van der Waals surface area contributed by atoms with Gasteiger partial charge < -0.3 is 15.7 Å². The van der Waals surface area contributed by atoms with Crippen LogP contribution in [0.15, 0.2) is 91.1 Å². The van der Waals surface area contributed by atoms with Crippen molar-refractivity contribution in [2.24, 2.45) is 0 Å². The minimum atomic E-state index is -1.27. The molecule has 0 fully saturated rings. The summed E-state index contributed by atoms with van der Waals surface area (Å²) in [6, 6.07) is 26.3. The van der Waals surface area contributed by atoms with Crippen molar-refractivity contribution in [1.82, 2.24) is 15.1 Å². The highest BCUT2D eigenvalue weighted by atomic mass is 32.1. The Morgan fingerprint density at radius 3 is 2.34 bits per heavy atom. The molecule has 0 bridgehead atoms. The molecular formula is C28H23N5O4S. The maximum absolute atomic E-state index is 13.1. The molecule has 0 saturated heterocycles. The number of nitrogens with one attached hydrogen (secondary N) is 3. The first-order valence-electron chi connectivity index (χ1n) is 11.7. The van der Waals surface area contributed by atoms with Crippen LogP contribution in [0.4, 0.5) is 16.3 Å². The SMILES string of the molecule is O=C(O)Nc1cn(-c2ccccc2)nc1NC(=O)c1cc2ccc(CC(=O)NCc3ccccc3)cc2s1. The van der Waals surface area contributed by atoms with Gasteiger partial charge in [0.1, 0.15) is 5.69 Å². The van der Waals surface area contributed by atoms with E-state index in [9.17, 15) is 19.5 Å². The monoisotopic (exact) mass is 525 g/mol. The summed E-state index contributed by atoms with van der Waals surface area (Å²) < 4.78 is 2.35. The van der Waals surface area contributed by atoms with Crippen LogP contribution in [0.25, 0.3) is 15.8 Å². The van der Waals surface area contributed by atoms with Crippen molar-refractivity contribution in [3.8, 4) is 5.69 Å². The van der Waals surface area contributed by atoms with Crippen LogP contribution in [0.1, 0.15) is 20.8 Å². The number of nitrogens with zero attached hydrogens (tertiary/aromatic N) is 2. The molecule has 0 unspecified atom stereocenters. The summed E-state index contributed by atoms with van der Waals surface area (Å²) in [5, 5.41) is 22.3. The van der Waals surface area contributed by atoms with Gasteiger partial charge in [0, 0.05) is 11.2 Å². The Kier molecular flexibility index (Phi) is 7.14. The van der Waals surface area contributed by atoms with Crippen LogP contribution < -0.4 is 16.0 Å². The van der Waals surface area contributed by atoms with Gasteiger partial charge in [-0.15, -0.1) is 16.4 Å². The topological polar surface area (TPSA) is 125 Å². The van der Waals surface area contributed by atoms with Crippen molar-refractivity contribution >= 4 is 50.8 Å². The molecule has 10 heteroatoms. The second kappa shape index (κ2) is 11.0. The van der Waals surface area contributed by atoms with Crippen LogP contribution in [0.5, 0.6) is 0 Å². The first-order valence-corrected chi connectivity index (χ1v) is 12.6. The van der Waals surface area contributed by atoms with E-state index in [1.165, 1.54) is 22.2 Å². The van der Waals surface area contributed by atoms with Crippen LogP contribution in [0.3, 0.4) is 0 Å². The zero-order valence-corrected chi connectivity index (χ0v) is 20.9. The Bertz CT molecular complexity index is 1610. The lowest BCUT2D eigenvalue weighted by Crippen LogP contribution is -2.24. The fraction of sp³-hybridized carbons (Fsp3) is 0.0714. The Morgan fingerprint density at radius 1 is 0.868 bits per heavy atom. The fourth-order valence-electron chi connectivity index (χ4n) is 3.90. The number of hydrogen-bond acceptors (Lipinski definition) is 5. The van der Waals surface area contributed by atoms with E-state index in [2.05, 4.69) is 21.0 Å². The standard InChI is InChI=1S/C28H23N5O4S/c34-25(29-16-18-7-3-1-4-8-18)14-19-11-12-20-15-24(38-23(20)13-19)27(35)31-26-22(30-28(36)37)17-33(32-26)21-9-5-2-6-10-21/h1-13,15,17,30H,14,16H2,(H,29,34)(H,36,37)(H,31,32,35). The van der Waals surface area contributed by atoms with E-state index in [-0.39, 0.29) is 23.8 Å². The molecule has 38 heavy (non-hydrogen) atoms. The first-order chi connectivity index (χ1) is 18.4. The van der Waals surface area contributed by atoms with Crippen LogP contribution in [-0.4, -0.2) is 32.8 Å². The van der Waals surface area contributed by atoms with Crippen LogP contribution in [0.2, 0.25) is 0 Å². The molecule has 3 amide bonds. The number of aromatic nitrogens is 2. The molecule has 190 valence electrons. The molecule has 0 aliphatic carbocycles. The normalized spacial score (nSPS) is 10.7. The van der Waals surface area contributed by atoms with E-state index in [0.717, 1.165) is 21.2 Å². The third kappa shape index (κ3) is 5.88. The smallest absolute Gasteiger partial charge is 0.409 e. The number of hydrogen-bond donors (Lipinski definition) is 4. The second-order valence-corrected chi connectivity index (χ2v) is 9.56. The number of carbonyl (C=O) groups is 3. The van der Waals surface area contributed by atoms with E-state index in [1.54, 1.807) is 6.07 Å². The minimum absolute atomic E-state index is 0.0878. The third-order valence-electron chi connectivity index (χ3n) is 5.71. The summed E-state index contributed by atoms with van der Waals surface area (Å²) in [6.07, 6.45) is 0.456. The number of amides is 3. The molecule has 5 aromatic rings. The number of fused-ring (bicyclic) bond motifs is 1. The van der Waals surface area contributed by atoms with Crippen molar-refractivity contribution in [1.29, 1.82) is 0 Å². The first kappa shape index (κ1) is 24.7. The Balaban J connectivity index is 1.29. The molecule has 2 aromatic heterocycles. The molecule has 5 rings (SSSR count). The number of thiophene rings is 1. The molecule has 0 aliphatic rings. The lowest BCUT2D eigenvalue weighted by Gasteiger charge is -2.05. The van der Waals surface area contributed by atoms with E-state index in [4.69, 9.17) is 0 Å². The average molecular weight is 526 g/mol. The highest BCUT2D eigenvalue weighted by Crippen LogP contribution is 2.29. The molecule has 3 aromatic carbocycles. The molecule has 0 aliphatic heterocycles. The Morgan fingerprint density at radius 2 is 1.61 bits per heavy atom. The Hall–Kier alpha value is -4.96. The van der Waals surface area contributed by atoms with Crippen molar-refractivity contribution in [3.63, 3.8) is 0 Å². The second-order valence-electron chi connectivity index (χ2n) is 8.48. The molecule has 0 radical (unpaired) electrons. The summed E-state index contributed by atoms with van der Waals surface area (Å²) in [7, 11) is 0. The molecule has 9 nitrogen and oxygen atoms in total. The molecule has 4 N–H and O–H groups in total. The van der Waals surface area contributed by atoms with E-state index < -0.39 is 12.0 Å². The highest BCUT2D eigenvalue weighted by molar-refractivity contribution is 7.20. The number of para-hydroxylation sites is 1. The van der Waals surface area contributed by atoms with Gasteiger partial charge in [-0.25, -0.2) is 9.48 Å². The lowest BCUT2D eigenvalue weighted by atomic mass is 10.1. The summed E-state index contributed by atoms with van der Waals surface area (Å²) >= 11 is 1.28. The quantitative estimate of drug-likeness (QED) is 0.219. The highest BCUT2D eigenvalue weighted by Gasteiger charge is 2.18. The third-order valence-corrected chi connectivity index (χ3v) is 6.81. The number of carbonyl (C=O) groups excluding carboxylic acids is 2. The summed E-state index contributed by atoms with van der Waals surface area (Å²) in [5.41, 5.74) is 2.73. The number of anilines is 2. The zero-order valence-electron chi connectivity index (χ0n) is 20.0. The van der Waals surface area contributed by atoms with Crippen LogP contribution in [0, 0.1) is 0 Å². The summed E-state index contributed by atoms with van der Waals surface area (Å²) in [6.45, 7) is 0.462. The average Bonchev–Trinajstić information content (AvgIpc) is 3.52. The van der Waals surface area contributed by atoms with Gasteiger partial charge >= 0.3 is 6.09 Å². The minimum Gasteiger partial charge on any atom is -0.465 e. The van der Waals surface area contributed by atoms with Gasteiger partial charge in [0.2, 0.25) is 5.91 Å². The van der Waals surface area contributed by atoms with Gasteiger partial charge in [-0.05, 0) is 40.8 Å². The van der Waals surface area contributed by atoms with Gasteiger partial charge in [-0.3, -0.25) is 14.9 Å². The Labute approximate surface area is 221 Å². The molecular weight excluding hydrogens is 502 g/mol.